The fourth-order valence-corrected chi connectivity index (χ4v) is 3.51. The van der Waals surface area contributed by atoms with Gasteiger partial charge in [-0.15, -0.1) is 24.8 Å². The van der Waals surface area contributed by atoms with Crippen LogP contribution in [-0.4, -0.2) is 40.1 Å². The van der Waals surface area contributed by atoms with Crippen LogP contribution in [0.5, 0.6) is 0 Å². The highest BCUT2D eigenvalue weighted by Crippen LogP contribution is 2.35. The quantitative estimate of drug-likeness (QED) is 0.714. The van der Waals surface area contributed by atoms with Crippen molar-refractivity contribution in [2.75, 3.05) is 19.3 Å². The predicted octanol–water partition coefficient (Wildman–Crippen LogP) is 2.11. The summed E-state index contributed by atoms with van der Waals surface area (Å²) in [6, 6.07) is 7.37. The molecule has 0 saturated carbocycles. The number of nitrogen functional groups attached to an aromatic ring is 1. The summed E-state index contributed by atoms with van der Waals surface area (Å²) in [5.41, 5.74) is 8.43. The maximum Gasteiger partial charge on any atom is 0.225 e. The van der Waals surface area contributed by atoms with Gasteiger partial charge < -0.3 is 16.0 Å². The molecule has 2 heterocycles. The van der Waals surface area contributed by atoms with Gasteiger partial charge >= 0.3 is 0 Å². The van der Waals surface area contributed by atoms with E-state index in [1.807, 2.05) is 37.5 Å². The number of nitrogens with zero attached hydrogens (tertiary/aromatic N) is 3. The van der Waals surface area contributed by atoms with Crippen molar-refractivity contribution in [2.45, 2.75) is 25.3 Å². The molecule has 154 valence electrons. The number of carbonyl (C=O) groups excluding carboxylic acids is 2. The van der Waals surface area contributed by atoms with Crippen LogP contribution in [0.2, 0.25) is 0 Å². The number of likely N-dealkylation sites (tertiary alicyclic amines) is 1. The molecule has 1 saturated heterocycles. The molecule has 2 unspecified atom stereocenters. The molecule has 2 aromatic rings. The monoisotopic (exact) mass is 427 g/mol. The highest BCUT2D eigenvalue weighted by atomic mass is 35.5. The molecule has 9 heteroatoms. The van der Waals surface area contributed by atoms with Gasteiger partial charge in [0.25, 0.3) is 0 Å². The minimum absolute atomic E-state index is 0. The number of anilines is 1. The number of amides is 2. The van der Waals surface area contributed by atoms with Gasteiger partial charge in [0.1, 0.15) is 0 Å². The lowest BCUT2D eigenvalue weighted by Gasteiger charge is -2.37. The molecule has 0 aliphatic carbocycles. The number of halogens is 2. The second-order valence-corrected chi connectivity index (χ2v) is 6.82. The van der Waals surface area contributed by atoms with Crippen molar-refractivity contribution in [3.8, 4) is 0 Å². The summed E-state index contributed by atoms with van der Waals surface area (Å²) in [5, 5.41) is 7.21. The maximum atomic E-state index is 12.8. The number of benzene rings is 1. The number of hydrogen-bond donors (Lipinski definition) is 2. The highest BCUT2D eigenvalue weighted by molar-refractivity contribution is 5.86. The van der Waals surface area contributed by atoms with Crippen LogP contribution in [0, 0.1) is 5.92 Å². The lowest BCUT2D eigenvalue weighted by Crippen LogP contribution is -2.46. The summed E-state index contributed by atoms with van der Waals surface area (Å²) in [5.74, 6) is -0.230. The third-order valence-electron chi connectivity index (χ3n) is 4.96. The molecule has 1 aromatic heterocycles. The van der Waals surface area contributed by atoms with Crippen LogP contribution in [0.3, 0.4) is 0 Å². The molecule has 2 atom stereocenters. The summed E-state index contributed by atoms with van der Waals surface area (Å²) >= 11 is 0. The zero-order chi connectivity index (χ0) is 18.7. The summed E-state index contributed by atoms with van der Waals surface area (Å²) in [6.07, 6.45) is 5.29. The predicted molar refractivity (Wildman–Crippen MR) is 114 cm³/mol. The van der Waals surface area contributed by atoms with Crippen molar-refractivity contribution < 1.29 is 9.59 Å². The molecule has 1 fully saturated rings. The first-order valence-electron chi connectivity index (χ1n) is 8.82. The molecule has 0 bridgehead atoms. The van der Waals surface area contributed by atoms with Crippen LogP contribution >= 0.6 is 24.8 Å². The van der Waals surface area contributed by atoms with E-state index in [2.05, 4.69) is 10.4 Å². The Kier molecular flexibility index (Phi) is 8.78. The lowest BCUT2D eigenvalue weighted by atomic mass is 9.85. The van der Waals surface area contributed by atoms with Crippen molar-refractivity contribution in [1.82, 2.24) is 20.0 Å². The van der Waals surface area contributed by atoms with Crippen molar-refractivity contribution in [2.24, 2.45) is 13.0 Å². The Morgan fingerprint density at radius 2 is 1.93 bits per heavy atom. The molecule has 3 N–H and O–H groups in total. The summed E-state index contributed by atoms with van der Waals surface area (Å²) < 4.78 is 1.69. The van der Waals surface area contributed by atoms with Gasteiger partial charge in [-0.2, -0.15) is 5.10 Å². The number of carbonyl (C=O) groups is 2. The fourth-order valence-electron chi connectivity index (χ4n) is 3.51. The maximum absolute atomic E-state index is 12.8. The molecular weight excluding hydrogens is 401 g/mol. The topological polar surface area (TPSA) is 93.2 Å². The molecule has 28 heavy (non-hydrogen) atoms. The minimum atomic E-state index is -0.276. The molecular formula is C19H27Cl2N5O2. The fraction of sp³-hybridized carbons (Fsp3) is 0.421. The molecule has 2 amide bonds. The minimum Gasteiger partial charge on any atom is -0.399 e. The van der Waals surface area contributed by atoms with E-state index in [-0.39, 0.29) is 48.6 Å². The van der Waals surface area contributed by atoms with Gasteiger partial charge in [-0.05, 0) is 30.5 Å². The van der Waals surface area contributed by atoms with Crippen molar-refractivity contribution in [3.63, 3.8) is 0 Å². The number of aryl methyl sites for hydroxylation is 1. The summed E-state index contributed by atoms with van der Waals surface area (Å²) in [6.45, 7) is 0.552. The molecule has 0 radical (unpaired) electrons. The average molecular weight is 428 g/mol. The largest absolute Gasteiger partial charge is 0.399 e. The number of nitrogens with one attached hydrogen (secondary N) is 1. The Bertz CT molecular complexity index is 794. The van der Waals surface area contributed by atoms with Crippen LogP contribution in [0.4, 0.5) is 5.69 Å². The van der Waals surface area contributed by atoms with E-state index in [1.165, 1.54) is 0 Å². The molecule has 7 nitrogen and oxygen atoms in total. The van der Waals surface area contributed by atoms with E-state index in [0.717, 1.165) is 23.2 Å². The number of rotatable bonds is 5. The molecule has 1 aromatic carbocycles. The molecule has 3 rings (SSSR count). The van der Waals surface area contributed by atoms with Gasteiger partial charge in [0.2, 0.25) is 11.8 Å². The molecule has 1 aliphatic heterocycles. The average Bonchev–Trinajstić information content (AvgIpc) is 3.04. The molecule has 0 spiro atoms. The number of nitrogens with two attached hydrogens (primary N) is 1. The second-order valence-electron chi connectivity index (χ2n) is 6.82. The van der Waals surface area contributed by atoms with Crippen LogP contribution in [0.15, 0.2) is 36.7 Å². The van der Waals surface area contributed by atoms with Crippen LogP contribution in [0.1, 0.15) is 30.0 Å². The Labute approximate surface area is 177 Å². The highest BCUT2D eigenvalue weighted by Gasteiger charge is 2.39. The summed E-state index contributed by atoms with van der Waals surface area (Å²) in [7, 11) is 3.59. The smallest absolute Gasteiger partial charge is 0.225 e. The Hall–Kier alpha value is -2.25. The van der Waals surface area contributed by atoms with E-state index in [4.69, 9.17) is 5.73 Å². The van der Waals surface area contributed by atoms with Gasteiger partial charge in [-0.3, -0.25) is 14.3 Å². The second kappa shape index (κ2) is 10.3. The van der Waals surface area contributed by atoms with Crippen molar-refractivity contribution >= 4 is 42.3 Å². The van der Waals surface area contributed by atoms with E-state index in [9.17, 15) is 9.59 Å². The number of piperidine rings is 1. The first-order valence-corrected chi connectivity index (χ1v) is 8.82. The van der Waals surface area contributed by atoms with Gasteiger partial charge in [-0.25, -0.2) is 0 Å². The van der Waals surface area contributed by atoms with E-state index in [0.29, 0.717) is 19.4 Å². The van der Waals surface area contributed by atoms with Crippen LogP contribution in [-0.2, 0) is 23.1 Å². The Morgan fingerprint density at radius 1 is 1.25 bits per heavy atom. The third-order valence-corrected chi connectivity index (χ3v) is 4.96. The third kappa shape index (κ3) is 5.39. The van der Waals surface area contributed by atoms with Gasteiger partial charge in [0.15, 0.2) is 0 Å². The van der Waals surface area contributed by atoms with E-state index >= 15 is 0 Å². The normalized spacial score (nSPS) is 18.8. The van der Waals surface area contributed by atoms with Crippen LogP contribution in [0.25, 0.3) is 0 Å². The standard InChI is InChI=1S/C19H25N5O2.2ClH/c1-23-12-14(11-22-23)18-16(7-8-17(25)24(18)2)19(26)21-10-9-13-3-5-15(20)6-4-13;;/h3-6,11-12,16,18H,7-10,20H2,1-2H3,(H,21,26);2*1H. The zero-order valence-electron chi connectivity index (χ0n) is 16.0. The van der Waals surface area contributed by atoms with Crippen molar-refractivity contribution in [3.05, 3.63) is 47.8 Å². The number of aromatic nitrogens is 2. The zero-order valence-corrected chi connectivity index (χ0v) is 17.6. The first-order chi connectivity index (χ1) is 12.5. The van der Waals surface area contributed by atoms with Crippen LogP contribution < -0.4 is 11.1 Å². The van der Waals surface area contributed by atoms with E-state index < -0.39 is 0 Å². The Balaban J connectivity index is 0.00000196. The lowest BCUT2D eigenvalue weighted by molar-refractivity contribution is -0.141. The van der Waals surface area contributed by atoms with Gasteiger partial charge in [0.05, 0.1) is 18.2 Å². The van der Waals surface area contributed by atoms with Gasteiger partial charge in [-0.1, -0.05) is 12.1 Å². The Morgan fingerprint density at radius 3 is 2.54 bits per heavy atom. The SMILES string of the molecule is CN1C(=O)CCC(C(=O)NCCc2ccc(N)cc2)C1c1cnn(C)c1.Cl.Cl. The van der Waals surface area contributed by atoms with E-state index in [1.54, 1.807) is 22.8 Å². The van der Waals surface area contributed by atoms with Gasteiger partial charge in [0, 0.05) is 44.5 Å². The summed E-state index contributed by atoms with van der Waals surface area (Å²) in [4.78, 5) is 26.6. The molecule has 1 aliphatic rings. The number of hydrogen-bond acceptors (Lipinski definition) is 4. The first kappa shape index (κ1) is 23.8. The van der Waals surface area contributed by atoms with Crippen molar-refractivity contribution in [1.29, 1.82) is 0 Å².